The van der Waals surface area contributed by atoms with E-state index in [9.17, 15) is 9.59 Å². The monoisotopic (exact) mass is 293 g/mol. The third-order valence-corrected chi connectivity index (χ3v) is 4.07. The zero-order valence-electron chi connectivity index (χ0n) is 12.6. The minimum Gasteiger partial charge on any atom is -0.481 e. The fourth-order valence-corrected chi connectivity index (χ4v) is 2.70. The Kier molecular flexibility index (Phi) is 4.98. The number of aromatic nitrogens is 2. The average molecular weight is 293 g/mol. The minimum atomic E-state index is -0.681. The summed E-state index contributed by atoms with van der Waals surface area (Å²) in [6, 6.07) is 1.47. The van der Waals surface area contributed by atoms with Gasteiger partial charge < -0.3 is 15.4 Å². The molecule has 0 unspecified atom stereocenters. The van der Waals surface area contributed by atoms with Gasteiger partial charge >= 0.3 is 5.97 Å². The fourth-order valence-electron chi connectivity index (χ4n) is 2.70. The van der Waals surface area contributed by atoms with Crippen LogP contribution in [-0.4, -0.2) is 27.6 Å². The number of nitrogens with one attached hydrogen (secondary N) is 2. The lowest BCUT2D eigenvalue weighted by molar-refractivity contribution is -0.143. The summed E-state index contributed by atoms with van der Waals surface area (Å²) in [6.07, 6.45) is 3.29. The molecule has 0 atom stereocenters. The average Bonchev–Trinajstić information content (AvgIpc) is 2.45. The van der Waals surface area contributed by atoms with Crippen LogP contribution in [0, 0.1) is 11.8 Å². The van der Waals surface area contributed by atoms with E-state index >= 15 is 0 Å². The van der Waals surface area contributed by atoms with Gasteiger partial charge in [0.25, 0.3) is 5.56 Å². The number of H-pyrrole nitrogens is 1. The van der Waals surface area contributed by atoms with Crippen molar-refractivity contribution in [3.05, 3.63) is 22.2 Å². The molecule has 1 aromatic rings. The van der Waals surface area contributed by atoms with Gasteiger partial charge in [0.1, 0.15) is 11.6 Å². The number of aliphatic carboxylic acids is 1. The van der Waals surface area contributed by atoms with Gasteiger partial charge in [0.05, 0.1) is 5.92 Å². The van der Waals surface area contributed by atoms with Crippen molar-refractivity contribution in [3.8, 4) is 0 Å². The second kappa shape index (κ2) is 6.74. The zero-order valence-corrected chi connectivity index (χ0v) is 12.6. The molecular formula is C15H23N3O3. The van der Waals surface area contributed by atoms with Gasteiger partial charge in [-0.3, -0.25) is 9.59 Å². The first-order valence-electron chi connectivity index (χ1n) is 7.53. The molecule has 0 radical (unpaired) electrons. The van der Waals surface area contributed by atoms with Crippen LogP contribution in [0.5, 0.6) is 0 Å². The normalized spacial score (nSPS) is 22.2. The molecule has 0 bridgehead atoms. The van der Waals surface area contributed by atoms with Crippen LogP contribution in [0.15, 0.2) is 10.9 Å². The summed E-state index contributed by atoms with van der Waals surface area (Å²) in [5.41, 5.74) is -0.147. The molecule has 1 saturated carbocycles. The van der Waals surface area contributed by atoms with Gasteiger partial charge in [-0.15, -0.1) is 0 Å². The van der Waals surface area contributed by atoms with Crippen LogP contribution >= 0.6 is 0 Å². The standard InChI is InChI=1S/C15H23N3O3/c1-9(2)14-17-12(7-13(19)18-14)16-8-10-3-5-11(6-4-10)15(20)21/h7,9-11H,3-6,8H2,1-2H3,(H,20,21)(H2,16,17,18,19). The molecule has 1 fully saturated rings. The summed E-state index contributed by atoms with van der Waals surface area (Å²) in [6.45, 7) is 4.70. The molecule has 0 aromatic carbocycles. The second-order valence-electron chi connectivity index (χ2n) is 6.11. The van der Waals surface area contributed by atoms with Crippen LogP contribution < -0.4 is 10.9 Å². The van der Waals surface area contributed by atoms with Crippen molar-refractivity contribution in [1.29, 1.82) is 0 Å². The first-order chi connectivity index (χ1) is 9.95. The molecule has 116 valence electrons. The number of hydrogen-bond donors (Lipinski definition) is 3. The van der Waals surface area contributed by atoms with Crippen molar-refractivity contribution < 1.29 is 9.90 Å². The summed E-state index contributed by atoms with van der Waals surface area (Å²) in [7, 11) is 0. The van der Waals surface area contributed by atoms with E-state index in [1.807, 2.05) is 13.8 Å². The highest BCUT2D eigenvalue weighted by Crippen LogP contribution is 2.29. The molecule has 0 spiro atoms. The Morgan fingerprint density at radius 1 is 1.43 bits per heavy atom. The summed E-state index contributed by atoms with van der Waals surface area (Å²) >= 11 is 0. The lowest BCUT2D eigenvalue weighted by Crippen LogP contribution is -2.26. The Morgan fingerprint density at radius 2 is 2.10 bits per heavy atom. The number of nitrogens with zero attached hydrogens (tertiary/aromatic N) is 1. The Bertz CT molecular complexity index is 545. The highest BCUT2D eigenvalue weighted by atomic mass is 16.4. The van der Waals surface area contributed by atoms with Crippen LogP contribution in [0.3, 0.4) is 0 Å². The van der Waals surface area contributed by atoms with Crippen molar-refractivity contribution in [3.63, 3.8) is 0 Å². The predicted molar refractivity (Wildman–Crippen MR) is 80.5 cm³/mol. The summed E-state index contributed by atoms with van der Waals surface area (Å²) in [5, 5.41) is 12.2. The quantitative estimate of drug-likeness (QED) is 0.773. The molecule has 0 aliphatic heterocycles. The van der Waals surface area contributed by atoms with Crippen molar-refractivity contribution in [2.45, 2.75) is 45.4 Å². The number of rotatable bonds is 5. The topological polar surface area (TPSA) is 95.1 Å². The molecule has 0 saturated heterocycles. The number of carboxylic acids is 1. The van der Waals surface area contributed by atoms with Gasteiger partial charge in [0.15, 0.2) is 0 Å². The SMILES string of the molecule is CC(C)c1nc(NCC2CCC(C(=O)O)CC2)cc(=O)[nH]1. The number of carboxylic acid groups (broad SMARTS) is 1. The van der Waals surface area contributed by atoms with E-state index in [1.165, 1.54) is 6.07 Å². The fraction of sp³-hybridized carbons (Fsp3) is 0.667. The van der Waals surface area contributed by atoms with Gasteiger partial charge in [0, 0.05) is 18.5 Å². The molecule has 2 rings (SSSR count). The van der Waals surface area contributed by atoms with E-state index in [2.05, 4.69) is 15.3 Å². The smallest absolute Gasteiger partial charge is 0.306 e. The highest BCUT2D eigenvalue weighted by molar-refractivity contribution is 5.70. The molecule has 1 aromatic heterocycles. The van der Waals surface area contributed by atoms with E-state index in [-0.39, 0.29) is 17.4 Å². The lowest BCUT2D eigenvalue weighted by atomic mass is 9.82. The third-order valence-electron chi connectivity index (χ3n) is 4.07. The van der Waals surface area contributed by atoms with Crippen molar-refractivity contribution in [2.24, 2.45) is 11.8 Å². The molecule has 1 aliphatic carbocycles. The van der Waals surface area contributed by atoms with E-state index in [1.54, 1.807) is 0 Å². The molecule has 3 N–H and O–H groups in total. The second-order valence-corrected chi connectivity index (χ2v) is 6.11. The maximum Gasteiger partial charge on any atom is 0.306 e. The van der Waals surface area contributed by atoms with Crippen LogP contribution in [0.2, 0.25) is 0 Å². The maximum absolute atomic E-state index is 11.6. The summed E-state index contributed by atoms with van der Waals surface area (Å²) < 4.78 is 0. The van der Waals surface area contributed by atoms with Crippen molar-refractivity contribution in [2.75, 3.05) is 11.9 Å². The van der Waals surface area contributed by atoms with Crippen LogP contribution in [-0.2, 0) is 4.79 Å². The molecular weight excluding hydrogens is 270 g/mol. The van der Waals surface area contributed by atoms with Crippen molar-refractivity contribution >= 4 is 11.8 Å². The molecule has 21 heavy (non-hydrogen) atoms. The molecule has 0 amide bonds. The number of carbonyl (C=O) groups is 1. The highest BCUT2D eigenvalue weighted by Gasteiger charge is 2.25. The number of anilines is 1. The first kappa shape index (κ1) is 15.5. The van der Waals surface area contributed by atoms with E-state index < -0.39 is 5.97 Å². The van der Waals surface area contributed by atoms with Crippen LogP contribution in [0.25, 0.3) is 0 Å². The Morgan fingerprint density at radius 3 is 2.67 bits per heavy atom. The minimum absolute atomic E-state index is 0.147. The van der Waals surface area contributed by atoms with E-state index in [4.69, 9.17) is 5.11 Å². The van der Waals surface area contributed by atoms with E-state index in [0.717, 1.165) is 32.2 Å². The van der Waals surface area contributed by atoms with Gasteiger partial charge in [-0.1, -0.05) is 13.8 Å². The third kappa shape index (κ3) is 4.31. The lowest BCUT2D eigenvalue weighted by Gasteiger charge is -2.26. The van der Waals surface area contributed by atoms with Gasteiger partial charge in [0.2, 0.25) is 0 Å². The molecule has 1 heterocycles. The summed E-state index contributed by atoms with van der Waals surface area (Å²) in [4.78, 5) is 29.6. The van der Waals surface area contributed by atoms with Gasteiger partial charge in [-0.25, -0.2) is 4.98 Å². The molecule has 1 aliphatic rings. The molecule has 6 heteroatoms. The van der Waals surface area contributed by atoms with E-state index in [0.29, 0.717) is 17.6 Å². The first-order valence-corrected chi connectivity index (χ1v) is 7.53. The largest absolute Gasteiger partial charge is 0.481 e. The van der Waals surface area contributed by atoms with Crippen molar-refractivity contribution in [1.82, 2.24) is 9.97 Å². The predicted octanol–water partition coefficient (Wildman–Crippen LogP) is 2.20. The Hall–Kier alpha value is -1.85. The summed E-state index contributed by atoms with van der Waals surface area (Å²) in [5.74, 6) is 1.03. The van der Waals surface area contributed by atoms with Crippen LogP contribution in [0.4, 0.5) is 5.82 Å². The van der Waals surface area contributed by atoms with Gasteiger partial charge in [-0.2, -0.15) is 0 Å². The Balaban J connectivity index is 1.89. The van der Waals surface area contributed by atoms with Gasteiger partial charge in [-0.05, 0) is 31.6 Å². The Labute approximate surface area is 124 Å². The molecule has 6 nitrogen and oxygen atoms in total. The number of hydrogen-bond acceptors (Lipinski definition) is 4. The number of aromatic amines is 1. The van der Waals surface area contributed by atoms with Crippen LogP contribution in [0.1, 0.15) is 51.3 Å². The zero-order chi connectivity index (χ0) is 15.4. The maximum atomic E-state index is 11.6.